The van der Waals surface area contributed by atoms with E-state index in [1.807, 2.05) is 32.9 Å². The molecule has 8 heteroatoms. The van der Waals surface area contributed by atoms with Crippen LogP contribution in [0.4, 0.5) is 5.69 Å². The molecular formula is C20H26N2O4SSi. The minimum Gasteiger partial charge on any atom is -0.258 e. The summed E-state index contributed by atoms with van der Waals surface area (Å²) in [5.74, 6) is 0. The molecule has 2 aromatic carbocycles. The molecule has 28 heavy (non-hydrogen) atoms. The molecule has 0 amide bonds. The van der Waals surface area contributed by atoms with Gasteiger partial charge in [0.2, 0.25) is 10.0 Å². The number of hydrogen-bond donors (Lipinski definition) is 0. The quantitative estimate of drug-likeness (QED) is 0.310. The fraction of sp³-hybridized carbons (Fsp3) is 0.400. The Bertz CT molecular complexity index is 1020. The molecule has 2 aromatic rings. The van der Waals surface area contributed by atoms with Crippen LogP contribution in [0.25, 0.3) is 0 Å². The molecule has 0 spiro atoms. The van der Waals surface area contributed by atoms with Crippen molar-refractivity contribution in [2.45, 2.75) is 57.0 Å². The molecule has 0 radical (unpaired) electrons. The van der Waals surface area contributed by atoms with E-state index in [1.54, 1.807) is 16.4 Å². The van der Waals surface area contributed by atoms with E-state index in [-0.39, 0.29) is 17.4 Å². The first kappa shape index (κ1) is 20.7. The largest absolute Gasteiger partial charge is 0.269 e. The SMILES string of the molecule is Cc1cc(C)c(S(=O)(=O)N2[C@H](c3ccc([N+](=O)[O-])cc3)[C@@H]2[Si](C)(C)C)c(C)c1. The number of benzene rings is 2. The van der Waals surface area contributed by atoms with Gasteiger partial charge in [-0.1, -0.05) is 49.5 Å². The van der Waals surface area contributed by atoms with Crippen LogP contribution in [0.15, 0.2) is 41.3 Å². The van der Waals surface area contributed by atoms with Crippen molar-refractivity contribution in [1.82, 2.24) is 4.31 Å². The second-order valence-electron chi connectivity index (χ2n) is 8.67. The van der Waals surface area contributed by atoms with Crippen molar-refractivity contribution in [1.29, 1.82) is 0 Å². The number of nitrogens with zero attached hydrogens (tertiary/aromatic N) is 2. The maximum Gasteiger partial charge on any atom is 0.269 e. The number of non-ortho nitro benzene ring substituents is 1. The third-order valence-corrected chi connectivity index (χ3v) is 9.96. The van der Waals surface area contributed by atoms with E-state index in [0.29, 0.717) is 4.90 Å². The minimum absolute atomic E-state index is 0.00795. The Morgan fingerprint density at radius 3 is 1.93 bits per heavy atom. The Labute approximate surface area is 167 Å². The molecule has 3 rings (SSSR count). The van der Waals surface area contributed by atoms with Crippen LogP contribution in [0.2, 0.25) is 19.6 Å². The Hall–Kier alpha value is -2.03. The van der Waals surface area contributed by atoms with Gasteiger partial charge in [-0.15, -0.1) is 0 Å². The predicted octanol–water partition coefficient (Wildman–Crippen LogP) is 4.51. The smallest absolute Gasteiger partial charge is 0.258 e. The van der Waals surface area contributed by atoms with Crippen molar-refractivity contribution in [2.75, 3.05) is 0 Å². The highest BCUT2D eigenvalue weighted by molar-refractivity contribution is 7.89. The molecule has 3 atom stereocenters. The van der Waals surface area contributed by atoms with E-state index in [1.165, 1.54) is 12.1 Å². The van der Waals surface area contributed by atoms with Crippen molar-refractivity contribution in [3.05, 3.63) is 68.8 Å². The van der Waals surface area contributed by atoms with Crippen LogP contribution in [-0.2, 0) is 10.0 Å². The number of nitro benzene ring substituents is 1. The molecule has 1 heterocycles. The standard InChI is InChI=1S/C20H26N2O4SSi/c1-13-11-14(2)19(15(3)12-13)27(25,26)21-18(20(21)28(4,5)6)16-7-9-17(10-8-16)22(23)24/h7-12,18,20H,1-6H3/t18-,20+,21?/m1/s1. The maximum absolute atomic E-state index is 13.6. The van der Waals surface area contributed by atoms with Crippen molar-refractivity contribution >= 4 is 23.8 Å². The van der Waals surface area contributed by atoms with Crippen LogP contribution in [0, 0.1) is 30.9 Å². The molecule has 1 aliphatic rings. The molecule has 1 fully saturated rings. The number of sulfonamides is 1. The molecule has 0 bridgehead atoms. The van der Waals surface area contributed by atoms with Crippen LogP contribution < -0.4 is 0 Å². The first-order chi connectivity index (χ1) is 12.9. The van der Waals surface area contributed by atoms with Gasteiger partial charge in [0.25, 0.3) is 5.69 Å². The molecule has 0 saturated carbocycles. The zero-order chi connectivity index (χ0) is 21.0. The highest BCUT2D eigenvalue weighted by Crippen LogP contribution is 2.52. The van der Waals surface area contributed by atoms with E-state index in [2.05, 4.69) is 19.6 Å². The lowest BCUT2D eigenvalue weighted by Gasteiger charge is -2.17. The van der Waals surface area contributed by atoms with Gasteiger partial charge >= 0.3 is 0 Å². The lowest BCUT2D eigenvalue weighted by atomic mass is 10.1. The average Bonchev–Trinajstić information content (AvgIpc) is 3.30. The van der Waals surface area contributed by atoms with Gasteiger partial charge in [-0.25, -0.2) is 8.42 Å². The summed E-state index contributed by atoms with van der Waals surface area (Å²) in [6, 6.07) is 9.78. The topological polar surface area (TPSA) is 80.3 Å². The molecular weight excluding hydrogens is 392 g/mol. The summed E-state index contributed by atoms with van der Waals surface area (Å²) >= 11 is 0. The van der Waals surface area contributed by atoms with Crippen LogP contribution in [0.3, 0.4) is 0 Å². The Balaban J connectivity index is 2.07. The molecule has 1 aliphatic heterocycles. The van der Waals surface area contributed by atoms with Crippen molar-refractivity contribution < 1.29 is 13.3 Å². The van der Waals surface area contributed by atoms with Gasteiger partial charge in [-0.2, -0.15) is 4.31 Å². The van der Waals surface area contributed by atoms with Gasteiger partial charge in [0.15, 0.2) is 0 Å². The number of hydrogen-bond acceptors (Lipinski definition) is 4. The Kier molecular flexibility index (Phi) is 5.02. The van der Waals surface area contributed by atoms with Gasteiger partial charge in [0, 0.05) is 17.8 Å². The summed E-state index contributed by atoms with van der Waals surface area (Å²) in [5, 5.41) is 10.9. The van der Waals surface area contributed by atoms with Gasteiger partial charge < -0.3 is 0 Å². The second-order valence-corrected chi connectivity index (χ2v) is 15.8. The minimum atomic E-state index is -3.67. The molecule has 150 valence electrons. The third-order valence-electron chi connectivity index (χ3n) is 5.23. The lowest BCUT2D eigenvalue weighted by molar-refractivity contribution is -0.384. The van der Waals surface area contributed by atoms with Gasteiger partial charge in [0.1, 0.15) is 0 Å². The van der Waals surface area contributed by atoms with E-state index in [4.69, 9.17) is 0 Å². The first-order valence-electron chi connectivity index (χ1n) is 9.21. The molecule has 6 nitrogen and oxygen atoms in total. The highest BCUT2D eigenvalue weighted by atomic mass is 32.2. The fourth-order valence-corrected chi connectivity index (χ4v) is 9.82. The Morgan fingerprint density at radius 1 is 1.00 bits per heavy atom. The summed E-state index contributed by atoms with van der Waals surface area (Å²) in [4.78, 5) is 10.9. The normalized spacial score (nSPS) is 22.1. The second kappa shape index (κ2) is 6.79. The summed E-state index contributed by atoms with van der Waals surface area (Å²) in [6.07, 6.45) is 0. The van der Waals surface area contributed by atoms with Crippen LogP contribution in [0.1, 0.15) is 28.3 Å². The summed E-state index contributed by atoms with van der Waals surface area (Å²) in [7, 11) is -5.51. The van der Waals surface area contributed by atoms with Gasteiger partial charge in [-0.3, -0.25) is 10.1 Å². The van der Waals surface area contributed by atoms with E-state index >= 15 is 0 Å². The number of rotatable bonds is 5. The van der Waals surface area contributed by atoms with Crippen LogP contribution in [0.5, 0.6) is 0 Å². The fourth-order valence-electron chi connectivity index (χ4n) is 4.17. The summed E-state index contributed by atoms with van der Waals surface area (Å²) < 4.78 is 28.8. The average molecular weight is 419 g/mol. The van der Waals surface area contributed by atoms with Gasteiger partial charge in [-0.05, 0) is 37.5 Å². The van der Waals surface area contributed by atoms with E-state index < -0.39 is 23.0 Å². The molecule has 1 unspecified atom stereocenters. The highest BCUT2D eigenvalue weighted by Gasteiger charge is 2.61. The predicted molar refractivity (Wildman–Crippen MR) is 113 cm³/mol. The monoisotopic (exact) mass is 418 g/mol. The van der Waals surface area contributed by atoms with Gasteiger partial charge in [0.05, 0.1) is 23.9 Å². The molecule has 0 N–H and O–H groups in total. The number of nitro groups is 1. The lowest BCUT2D eigenvalue weighted by Crippen LogP contribution is -2.33. The van der Waals surface area contributed by atoms with E-state index in [0.717, 1.165) is 22.3 Å². The van der Waals surface area contributed by atoms with Crippen LogP contribution in [-0.4, -0.2) is 31.4 Å². The first-order valence-corrected chi connectivity index (χ1v) is 14.2. The van der Waals surface area contributed by atoms with Crippen molar-refractivity contribution in [3.63, 3.8) is 0 Å². The zero-order valence-electron chi connectivity index (χ0n) is 17.1. The summed E-state index contributed by atoms with van der Waals surface area (Å²) in [6.45, 7) is 12.1. The number of aryl methyl sites for hydroxylation is 3. The van der Waals surface area contributed by atoms with Crippen molar-refractivity contribution in [2.24, 2.45) is 0 Å². The van der Waals surface area contributed by atoms with Crippen LogP contribution >= 0.6 is 0 Å². The maximum atomic E-state index is 13.6. The Morgan fingerprint density at radius 2 is 1.50 bits per heavy atom. The molecule has 0 aromatic heterocycles. The summed E-state index contributed by atoms with van der Waals surface area (Å²) in [5.41, 5.74) is 3.28. The molecule has 0 aliphatic carbocycles. The van der Waals surface area contributed by atoms with E-state index in [9.17, 15) is 18.5 Å². The third kappa shape index (κ3) is 3.52. The zero-order valence-corrected chi connectivity index (χ0v) is 18.9. The molecule has 1 saturated heterocycles. The van der Waals surface area contributed by atoms with Crippen molar-refractivity contribution in [3.8, 4) is 0 Å².